The molecule has 1 N–H and O–H groups in total. The lowest BCUT2D eigenvalue weighted by molar-refractivity contribution is 0.0712. The highest BCUT2D eigenvalue weighted by atomic mass is 35.5. The molecule has 1 fully saturated rings. The average molecular weight is 383 g/mol. The van der Waals surface area contributed by atoms with Gasteiger partial charge in [0, 0.05) is 37.7 Å². The number of hydrogen-bond acceptors (Lipinski definition) is 4. The van der Waals surface area contributed by atoms with Gasteiger partial charge in [-0.1, -0.05) is 35.0 Å². The van der Waals surface area contributed by atoms with Gasteiger partial charge in [0.25, 0.3) is 5.91 Å². The molecule has 3 aromatic rings. The van der Waals surface area contributed by atoms with Gasteiger partial charge in [0.2, 0.25) is 0 Å². The van der Waals surface area contributed by atoms with Gasteiger partial charge in [0.15, 0.2) is 0 Å². The van der Waals surface area contributed by atoms with Crippen molar-refractivity contribution in [3.63, 3.8) is 0 Å². The van der Waals surface area contributed by atoms with Crippen LogP contribution in [0.4, 0.5) is 0 Å². The van der Waals surface area contributed by atoms with Crippen molar-refractivity contribution >= 4 is 17.5 Å². The maximum absolute atomic E-state index is 13.1. The SMILES string of the molecule is Cn1ncc(Cl)c1CC1c2ccccc2C(=O)N1C[C@@H]1C[C@H]1c1c[nH]nn1. The van der Waals surface area contributed by atoms with Crippen molar-refractivity contribution in [2.24, 2.45) is 13.0 Å². The summed E-state index contributed by atoms with van der Waals surface area (Å²) in [4.78, 5) is 15.1. The number of H-pyrrole nitrogens is 1. The number of halogens is 1. The summed E-state index contributed by atoms with van der Waals surface area (Å²) >= 11 is 6.34. The van der Waals surface area contributed by atoms with E-state index in [-0.39, 0.29) is 11.9 Å². The van der Waals surface area contributed by atoms with Crippen LogP contribution in [0, 0.1) is 5.92 Å². The van der Waals surface area contributed by atoms with E-state index >= 15 is 0 Å². The lowest BCUT2D eigenvalue weighted by atomic mass is 10.0. The Morgan fingerprint density at radius 2 is 2.19 bits per heavy atom. The number of carbonyl (C=O) groups is 1. The van der Waals surface area contributed by atoms with Gasteiger partial charge in [-0.15, -0.1) is 5.10 Å². The summed E-state index contributed by atoms with van der Waals surface area (Å²) in [6, 6.07) is 7.84. The summed E-state index contributed by atoms with van der Waals surface area (Å²) in [6.07, 6.45) is 5.19. The highest BCUT2D eigenvalue weighted by molar-refractivity contribution is 6.31. The number of benzene rings is 1. The van der Waals surface area contributed by atoms with E-state index < -0.39 is 0 Å². The van der Waals surface area contributed by atoms with Crippen molar-refractivity contribution in [3.8, 4) is 0 Å². The number of nitrogens with one attached hydrogen (secondary N) is 1. The predicted octanol–water partition coefficient (Wildman–Crippen LogP) is 2.73. The Labute approximate surface area is 161 Å². The summed E-state index contributed by atoms with van der Waals surface area (Å²) in [5.41, 5.74) is 3.79. The fourth-order valence-corrected chi connectivity index (χ4v) is 4.42. The number of aromatic amines is 1. The zero-order chi connectivity index (χ0) is 18.5. The summed E-state index contributed by atoms with van der Waals surface area (Å²) < 4.78 is 1.79. The summed E-state index contributed by atoms with van der Waals surface area (Å²) in [5.74, 6) is 0.888. The number of amides is 1. The van der Waals surface area contributed by atoms with E-state index in [4.69, 9.17) is 11.6 Å². The molecule has 1 aliphatic carbocycles. The lowest BCUT2D eigenvalue weighted by Crippen LogP contribution is -2.32. The van der Waals surface area contributed by atoms with Crippen LogP contribution < -0.4 is 0 Å². The van der Waals surface area contributed by atoms with Crippen LogP contribution in [0.2, 0.25) is 5.02 Å². The first-order valence-corrected chi connectivity index (χ1v) is 9.44. The number of nitrogens with zero attached hydrogens (tertiary/aromatic N) is 5. The van der Waals surface area contributed by atoms with Crippen LogP contribution in [0.3, 0.4) is 0 Å². The third-order valence-corrected chi connectivity index (χ3v) is 6.07. The number of aryl methyl sites for hydroxylation is 1. The van der Waals surface area contributed by atoms with E-state index in [2.05, 4.69) is 20.5 Å². The van der Waals surface area contributed by atoms with Crippen molar-refractivity contribution in [2.75, 3.05) is 6.54 Å². The van der Waals surface area contributed by atoms with Gasteiger partial charge in [-0.2, -0.15) is 5.10 Å². The number of fused-ring (bicyclic) bond motifs is 1. The minimum absolute atomic E-state index is 0.0276. The molecule has 1 saturated carbocycles. The molecular formula is C19H19ClN6O. The van der Waals surface area contributed by atoms with Crippen molar-refractivity contribution in [3.05, 3.63) is 64.2 Å². The van der Waals surface area contributed by atoms with Gasteiger partial charge >= 0.3 is 0 Å². The van der Waals surface area contributed by atoms with E-state index in [9.17, 15) is 4.79 Å². The molecule has 3 atom stereocenters. The number of rotatable bonds is 5. The molecule has 3 heterocycles. The Hall–Kier alpha value is -2.67. The molecule has 0 spiro atoms. The second-order valence-corrected chi connectivity index (χ2v) is 7.74. The van der Waals surface area contributed by atoms with Crippen molar-refractivity contribution < 1.29 is 4.79 Å². The molecule has 5 rings (SSSR count). The Morgan fingerprint density at radius 1 is 1.33 bits per heavy atom. The summed E-state index contributed by atoms with van der Waals surface area (Å²) in [5, 5.41) is 15.6. The minimum Gasteiger partial charge on any atom is -0.331 e. The summed E-state index contributed by atoms with van der Waals surface area (Å²) in [6.45, 7) is 0.713. The highest BCUT2D eigenvalue weighted by Gasteiger charge is 2.46. The van der Waals surface area contributed by atoms with E-state index in [1.807, 2.05) is 42.4 Å². The second kappa shape index (κ2) is 6.20. The molecule has 2 aromatic heterocycles. The average Bonchev–Trinajstić information content (AvgIpc) is 2.99. The van der Waals surface area contributed by atoms with E-state index in [1.165, 1.54) is 0 Å². The van der Waals surface area contributed by atoms with Gasteiger partial charge in [0.05, 0.1) is 28.6 Å². The third kappa shape index (κ3) is 2.73. The number of carbonyl (C=O) groups excluding carboxylic acids is 1. The third-order valence-electron chi connectivity index (χ3n) is 5.75. The molecule has 1 unspecified atom stereocenters. The second-order valence-electron chi connectivity index (χ2n) is 7.33. The monoisotopic (exact) mass is 382 g/mol. The lowest BCUT2D eigenvalue weighted by Gasteiger charge is -2.26. The standard InChI is InChI=1S/C19H19ClN6O/c1-25-18(15(20)8-22-25)7-17-12-4-2-3-5-13(12)19(27)26(17)10-11-6-14(11)16-9-21-24-23-16/h2-5,8-9,11,14,17H,6-7,10H2,1H3,(H,21,23,24)/t11-,14+,17?/m0/s1. The molecule has 1 amide bonds. The largest absolute Gasteiger partial charge is 0.331 e. The van der Waals surface area contributed by atoms with Crippen LogP contribution >= 0.6 is 11.6 Å². The highest BCUT2D eigenvalue weighted by Crippen LogP contribution is 2.49. The van der Waals surface area contributed by atoms with Crippen molar-refractivity contribution in [1.29, 1.82) is 0 Å². The first-order valence-electron chi connectivity index (χ1n) is 9.06. The van der Waals surface area contributed by atoms with Gasteiger partial charge in [-0.05, 0) is 24.0 Å². The molecule has 27 heavy (non-hydrogen) atoms. The normalized spacial score (nSPS) is 23.7. The molecule has 7 nitrogen and oxygen atoms in total. The van der Waals surface area contributed by atoms with E-state index in [0.717, 1.165) is 28.9 Å². The Balaban J connectivity index is 1.43. The van der Waals surface area contributed by atoms with Crippen molar-refractivity contribution in [1.82, 2.24) is 30.1 Å². The predicted molar refractivity (Wildman–Crippen MR) is 99.4 cm³/mol. The van der Waals surface area contributed by atoms with Crippen LogP contribution in [0.5, 0.6) is 0 Å². The van der Waals surface area contributed by atoms with Crippen LogP contribution in [0.1, 0.15) is 45.7 Å². The molecule has 1 aromatic carbocycles. The van der Waals surface area contributed by atoms with Crippen LogP contribution in [0.15, 0.2) is 36.7 Å². The molecular weight excluding hydrogens is 364 g/mol. The molecule has 138 valence electrons. The van der Waals surface area contributed by atoms with E-state index in [1.54, 1.807) is 10.9 Å². The van der Waals surface area contributed by atoms with Gasteiger partial charge in [-0.3, -0.25) is 14.6 Å². The molecule has 8 heteroatoms. The van der Waals surface area contributed by atoms with Crippen LogP contribution in [-0.2, 0) is 13.5 Å². The fourth-order valence-electron chi connectivity index (χ4n) is 4.18. The number of aromatic nitrogens is 5. The summed E-state index contributed by atoms with van der Waals surface area (Å²) in [7, 11) is 1.88. The first-order chi connectivity index (χ1) is 13.1. The van der Waals surface area contributed by atoms with Crippen LogP contribution in [-0.4, -0.2) is 42.5 Å². The molecule has 2 aliphatic rings. The van der Waals surface area contributed by atoms with E-state index in [0.29, 0.717) is 29.8 Å². The van der Waals surface area contributed by atoms with Crippen molar-refractivity contribution in [2.45, 2.75) is 24.8 Å². The fraction of sp³-hybridized carbons (Fsp3) is 0.368. The van der Waals surface area contributed by atoms with Crippen LogP contribution in [0.25, 0.3) is 0 Å². The Kier molecular flexibility index (Phi) is 3.79. The molecule has 0 saturated heterocycles. The first kappa shape index (κ1) is 16.5. The van der Waals surface area contributed by atoms with Gasteiger partial charge in [0.1, 0.15) is 0 Å². The smallest absolute Gasteiger partial charge is 0.254 e. The Bertz CT molecular complexity index is 978. The topological polar surface area (TPSA) is 79.7 Å². The zero-order valence-corrected chi connectivity index (χ0v) is 15.6. The molecule has 0 bridgehead atoms. The quantitative estimate of drug-likeness (QED) is 0.735. The molecule has 1 aliphatic heterocycles. The van der Waals surface area contributed by atoms with Gasteiger partial charge < -0.3 is 4.90 Å². The minimum atomic E-state index is -0.0276. The maximum Gasteiger partial charge on any atom is 0.254 e. The Morgan fingerprint density at radius 3 is 2.93 bits per heavy atom. The van der Waals surface area contributed by atoms with Gasteiger partial charge in [-0.25, -0.2) is 0 Å². The zero-order valence-electron chi connectivity index (χ0n) is 14.8. The number of hydrogen-bond donors (Lipinski definition) is 1. The maximum atomic E-state index is 13.1. The molecule has 0 radical (unpaired) electrons.